The molecule has 0 bridgehead atoms. The lowest BCUT2D eigenvalue weighted by Gasteiger charge is -2.51. The lowest BCUT2D eigenvalue weighted by molar-refractivity contribution is 0.0237. The van der Waals surface area contributed by atoms with Crippen molar-refractivity contribution in [1.82, 2.24) is 0 Å². The van der Waals surface area contributed by atoms with Crippen molar-refractivity contribution in [3.63, 3.8) is 0 Å². The van der Waals surface area contributed by atoms with Crippen LogP contribution in [-0.4, -0.2) is 18.3 Å². The Kier molecular flexibility index (Phi) is 3.99. The smallest absolute Gasteiger partial charge is 0.119 e. The van der Waals surface area contributed by atoms with Crippen molar-refractivity contribution in [1.29, 1.82) is 0 Å². The van der Waals surface area contributed by atoms with Crippen LogP contribution in [0.25, 0.3) is 0 Å². The molecule has 0 amide bonds. The summed E-state index contributed by atoms with van der Waals surface area (Å²) in [5.74, 6) is 2.93. The van der Waals surface area contributed by atoms with Crippen LogP contribution in [0.2, 0.25) is 0 Å². The van der Waals surface area contributed by atoms with Crippen LogP contribution in [0.15, 0.2) is 29.8 Å². The fourth-order valence-corrected chi connectivity index (χ4v) is 6.05. The van der Waals surface area contributed by atoms with Gasteiger partial charge in [0.25, 0.3) is 0 Å². The maximum Gasteiger partial charge on any atom is 0.119 e. The second-order valence-electron chi connectivity index (χ2n) is 8.03. The van der Waals surface area contributed by atoms with E-state index >= 15 is 0 Å². The van der Waals surface area contributed by atoms with E-state index in [1.54, 1.807) is 12.7 Å². The summed E-state index contributed by atoms with van der Waals surface area (Å²) < 4.78 is 5.46. The number of benzene rings is 1. The van der Waals surface area contributed by atoms with E-state index in [9.17, 15) is 5.11 Å². The number of methoxy groups -OCH3 is 1. The van der Waals surface area contributed by atoms with E-state index in [4.69, 9.17) is 4.74 Å². The van der Waals surface area contributed by atoms with Gasteiger partial charge in [0, 0.05) is 5.41 Å². The standard InChI is InChI=1S/C22H30O2/c1-4-14-12-15-13-16(24-3)6-7-17(15)18-10-11-22(5-2)19(21(14)18)8-9-20(22)23/h6-8,13-14,18,20-21,23H,4-5,9-12H2,1-3H3/t14-,18-,20+,21-,22+/m1/s1. The number of hydrogen-bond acceptors (Lipinski definition) is 2. The number of fused-ring (bicyclic) bond motifs is 5. The first kappa shape index (κ1) is 16.2. The molecule has 0 radical (unpaired) electrons. The van der Waals surface area contributed by atoms with Gasteiger partial charge in [0.15, 0.2) is 0 Å². The molecule has 1 N–H and O–H groups in total. The van der Waals surface area contributed by atoms with Gasteiger partial charge in [0.1, 0.15) is 5.75 Å². The molecular weight excluding hydrogens is 296 g/mol. The lowest BCUT2D eigenvalue weighted by Crippen LogP contribution is -2.44. The minimum atomic E-state index is -0.159. The molecule has 4 rings (SSSR count). The van der Waals surface area contributed by atoms with Crippen LogP contribution in [0.1, 0.15) is 63.0 Å². The Balaban J connectivity index is 1.78. The van der Waals surface area contributed by atoms with Gasteiger partial charge < -0.3 is 9.84 Å². The zero-order valence-corrected chi connectivity index (χ0v) is 15.2. The van der Waals surface area contributed by atoms with Crippen LogP contribution in [0, 0.1) is 17.3 Å². The van der Waals surface area contributed by atoms with Gasteiger partial charge in [0.2, 0.25) is 0 Å². The largest absolute Gasteiger partial charge is 0.497 e. The minimum Gasteiger partial charge on any atom is -0.497 e. The molecular formula is C22H30O2. The van der Waals surface area contributed by atoms with E-state index in [2.05, 4.69) is 38.1 Å². The van der Waals surface area contributed by atoms with Crippen molar-refractivity contribution in [2.75, 3.05) is 7.11 Å². The van der Waals surface area contributed by atoms with Crippen LogP contribution < -0.4 is 4.74 Å². The maximum absolute atomic E-state index is 10.7. The molecule has 0 unspecified atom stereocenters. The Morgan fingerprint density at radius 1 is 1.29 bits per heavy atom. The van der Waals surface area contributed by atoms with E-state index in [1.165, 1.54) is 24.0 Å². The highest BCUT2D eigenvalue weighted by Gasteiger charge is 2.53. The molecule has 3 aliphatic carbocycles. The van der Waals surface area contributed by atoms with E-state index in [-0.39, 0.29) is 11.5 Å². The van der Waals surface area contributed by atoms with Gasteiger partial charge in [-0.25, -0.2) is 0 Å². The SMILES string of the molecule is CC[C@@H]1Cc2cc(OC)ccc2[C@H]2CC[C@@]3(CC)C(=CC[C@@H]3O)[C@H]12. The molecule has 24 heavy (non-hydrogen) atoms. The first-order chi connectivity index (χ1) is 11.6. The number of aliphatic hydroxyl groups is 1. The normalized spacial score (nSPS) is 37.2. The summed E-state index contributed by atoms with van der Waals surface area (Å²) in [6, 6.07) is 6.69. The molecule has 2 heteroatoms. The van der Waals surface area contributed by atoms with Crippen LogP contribution >= 0.6 is 0 Å². The third-order valence-electron chi connectivity index (χ3n) is 7.36. The van der Waals surface area contributed by atoms with Crippen LogP contribution in [-0.2, 0) is 6.42 Å². The van der Waals surface area contributed by atoms with Crippen LogP contribution in [0.4, 0.5) is 0 Å². The maximum atomic E-state index is 10.7. The van der Waals surface area contributed by atoms with Gasteiger partial charge >= 0.3 is 0 Å². The topological polar surface area (TPSA) is 29.5 Å². The molecule has 0 aromatic heterocycles. The molecule has 1 aromatic carbocycles. The zero-order chi connectivity index (χ0) is 16.9. The minimum absolute atomic E-state index is 0.0680. The molecule has 3 aliphatic rings. The van der Waals surface area contributed by atoms with Gasteiger partial charge in [-0.05, 0) is 73.1 Å². The van der Waals surface area contributed by atoms with Gasteiger partial charge in [-0.3, -0.25) is 0 Å². The van der Waals surface area contributed by atoms with Crippen molar-refractivity contribution in [2.45, 2.75) is 64.4 Å². The van der Waals surface area contributed by atoms with Crippen molar-refractivity contribution in [3.05, 3.63) is 41.0 Å². The Labute approximate surface area is 145 Å². The molecule has 0 aliphatic heterocycles. The quantitative estimate of drug-likeness (QED) is 0.804. The van der Waals surface area contributed by atoms with Crippen LogP contribution in [0.3, 0.4) is 0 Å². The van der Waals surface area contributed by atoms with Crippen molar-refractivity contribution < 1.29 is 9.84 Å². The van der Waals surface area contributed by atoms with Gasteiger partial charge in [-0.1, -0.05) is 38.0 Å². The molecule has 0 heterocycles. The van der Waals surface area contributed by atoms with E-state index < -0.39 is 0 Å². The summed E-state index contributed by atoms with van der Waals surface area (Å²) >= 11 is 0. The molecule has 2 nitrogen and oxygen atoms in total. The summed E-state index contributed by atoms with van der Waals surface area (Å²) in [5, 5.41) is 10.7. The lowest BCUT2D eigenvalue weighted by atomic mass is 9.53. The average molecular weight is 326 g/mol. The molecule has 1 aromatic rings. The van der Waals surface area contributed by atoms with Gasteiger partial charge in [0.05, 0.1) is 13.2 Å². The van der Waals surface area contributed by atoms with Crippen molar-refractivity contribution in [3.8, 4) is 5.75 Å². The van der Waals surface area contributed by atoms with Crippen molar-refractivity contribution >= 4 is 0 Å². The highest BCUT2D eigenvalue weighted by molar-refractivity contribution is 5.44. The summed E-state index contributed by atoms with van der Waals surface area (Å²) in [6.07, 6.45) is 8.90. The highest BCUT2D eigenvalue weighted by atomic mass is 16.5. The Morgan fingerprint density at radius 2 is 2.12 bits per heavy atom. The third-order valence-corrected chi connectivity index (χ3v) is 7.36. The summed E-state index contributed by atoms with van der Waals surface area (Å²) in [5.41, 5.74) is 4.70. The summed E-state index contributed by atoms with van der Waals surface area (Å²) in [7, 11) is 1.76. The number of hydrogen-bond donors (Lipinski definition) is 1. The van der Waals surface area contributed by atoms with Gasteiger partial charge in [-0.15, -0.1) is 0 Å². The number of ether oxygens (including phenoxy) is 1. The Morgan fingerprint density at radius 3 is 2.83 bits per heavy atom. The Bertz CT molecular complexity index is 662. The molecule has 0 saturated heterocycles. The Hall–Kier alpha value is -1.28. The monoisotopic (exact) mass is 326 g/mol. The van der Waals surface area contributed by atoms with E-state index in [1.807, 2.05) is 0 Å². The fourth-order valence-electron chi connectivity index (χ4n) is 6.05. The molecule has 1 saturated carbocycles. The fraction of sp³-hybridized carbons (Fsp3) is 0.636. The molecule has 5 atom stereocenters. The number of aliphatic hydroxyl groups excluding tert-OH is 1. The zero-order valence-electron chi connectivity index (χ0n) is 15.2. The van der Waals surface area contributed by atoms with E-state index in [0.717, 1.165) is 31.4 Å². The first-order valence-corrected chi connectivity index (χ1v) is 9.70. The molecule has 0 spiro atoms. The predicted octanol–water partition coefficient (Wildman–Crippen LogP) is 4.86. The molecule has 1 fully saturated rings. The third kappa shape index (κ3) is 2.12. The molecule has 130 valence electrons. The summed E-state index contributed by atoms with van der Waals surface area (Å²) in [4.78, 5) is 0. The predicted molar refractivity (Wildman–Crippen MR) is 97.4 cm³/mol. The van der Waals surface area contributed by atoms with Gasteiger partial charge in [-0.2, -0.15) is 0 Å². The summed E-state index contributed by atoms with van der Waals surface area (Å²) in [6.45, 7) is 4.60. The van der Waals surface area contributed by atoms with E-state index in [0.29, 0.717) is 17.8 Å². The average Bonchev–Trinajstić information content (AvgIpc) is 2.97. The first-order valence-electron chi connectivity index (χ1n) is 9.70. The number of rotatable bonds is 3. The van der Waals surface area contributed by atoms with Crippen LogP contribution in [0.5, 0.6) is 5.75 Å². The highest BCUT2D eigenvalue weighted by Crippen LogP contribution is 2.61. The van der Waals surface area contributed by atoms with Crippen molar-refractivity contribution in [2.24, 2.45) is 17.3 Å². The second kappa shape index (κ2) is 5.91. The second-order valence-corrected chi connectivity index (χ2v) is 8.03.